The van der Waals surface area contributed by atoms with Gasteiger partial charge in [-0.2, -0.15) is 0 Å². The van der Waals surface area contributed by atoms with E-state index in [0.717, 1.165) is 19.4 Å². The summed E-state index contributed by atoms with van der Waals surface area (Å²) in [5, 5.41) is 0.231. The van der Waals surface area contributed by atoms with Gasteiger partial charge in [0.2, 0.25) is 0 Å². The molecule has 0 aliphatic carbocycles. The van der Waals surface area contributed by atoms with Gasteiger partial charge in [0, 0.05) is 26.2 Å². The Hall–Kier alpha value is -0.593. The molecule has 0 aliphatic heterocycles. The zero-order valence-electron chi connectivity index (χ0n) is 16.5. The fraction of sp³-hybridized carbons (Fsp3) is 0.941. The molecule has 0 atom stereocenters. The molecular formula is C17H38N2O3Si. The number of nitrogens with two attached hydrogens (primary N) is 1. The van der Waals surface area contributed by atoms with Gasteiger partial charge in [-0.25, -0.2) is 4.79 Å². The second-order valence-corrected chi connectivity index (χ2v) is 13.4. The number of rotatable bonds is 8. The first-order valence-corrected chi connectivity index (χ1v) is 11.5. The molecule has 0 saturated heterocycles. The minimum absolute atomic E-state index is 0.231. The number of hydrogen-bond acceptors (Lipinski definition) is 4. The van der Waals surface area contributed by atoms with Gasteiger partial charge in [-0.15, -0.1) is 0 Å². The Labute approximate surface area is 144 Å². The van der Waals surface area contributed by atoms with Crippen LogP contribution < -0.4 is 5.73 Å². The first-order valence-electron chi connectivity index (χ1n) is 8.62. The maximum absolute atomic E-state index is 12.1. The molecule has 0 saturated carbocycles. The summed E-state index contributed by atoms with van der Waals surface area (Å²) in [6, 6.07) is 0. The molecule has 0 rings (SSSR count). The second kappa shape index (κ2) is 9.04. The van der Waals surface area contributed by atoms with Crippen LogP contribution in [0.4, 0.5) is 4.79 Å². The Morgan fingerprint density at radius 2 is 1.61 bits per heavy atom. The van der Waals surface area contributed by atoms with Crippen LogP contribution in [0, 0.1) is 0 Å². The summed E-state index contributed by atoms with van der Waals surface area (Å²) < 4.78 is 11.6. The van der Waals surface area contributed by atoms with E-state index in [9.17, 15) is 4.79 Å². The van der Waals surface area contributed by atoms with Crippen molar-refractivity contribution in [1.29, 1.82) is 0 Å². The normalized spacial score (nSPS) is 13.1. The smallest absolute Gasteiger partial charge is 0.410 e. The van der Waals surface area contributed by atoms with E-state index in [-0.39, 0.29) is 11.1 Å². The molecule has 0 aromatic carbocycles. The summed E-state index contributed by atoms with van der Waals surface area (Å²) in [6.45, 7) is 19.2. The molecule has 0 aromatic heterocycles. The van der Waals surface area contributed by atoms with Crippen molar-refractivity contribution in [3.05, 3.63) is 0 Å². The van der Waals surface area contributed by atoms with E-state index in [4.69, 9.17) is 14.9 Å². The maximum Gasteiger partial charge on any atom is 0.410 e. The third-order valence-corrected chi connectivity index (χ3v) is 8.68. The molecule has 0 radical (unpaired) electrons. The topological polar surface area (TPSA) is 64.8 Å². The van der Waals surface area contributed by atoms with Gasteiger partial charge in [-0.1, -0.05) is 20.8 Å². The lowest BCUT2D eigenvalue weighted by molar-refractivity contribution is 0.0250. The van der Waals surface area contributed by atoms with E-state index in [1.165, 1.54) is 0 Å². The summed E-state index contributed by atoms with van der Waals surface area (Å²) in [6.07, 6.45) is 1.55. The van der Waals surface area contributed by atoms with Crippen molar-refractivity contribution in [2.45, 2.75) is 78.1 Å². The highest BCUT2D eigenvalue weighted by Gasteiger charge is 2.36. The SMILES string of the molecule is CC(C)(C)OC(=O)N(CCN)CCCCO[Si](C)(C)C(C)(C)C. The van der Waals surface area contributed by atoms with Crippen LogP contribution in [0.2, 0.25) is 18.1 Å². The molecule has 23 heavy (non-hydrogen) atoms. The Bertz CT molecular complexity index is 360. The van der Waals surface area contributed by atoms with E-state index in [1.54, 1.807) is 4.90 Å². The van der Waals surface area contributed by atoms with Gasteiger partial charge in [-0.3, -0.25) is 0 Å². The highest BCUT2D eigenvalue weighted by atomic mass is 28.4. The van der Waals surface area contributed by atoms with Gasteiger partial charge >= 0.3 is 6.09 Å². The number of hydrogen-bond donors (Lipinski definition) is 1. The average Bonchev–Trinajstić information content (AvgIpc) is 2.33. The number of ether oxygens (including phenoxy) is 1. The summed E-state index contributed by atoms with van der Waals surface area (Å²) in [7, 11) is -1.68. The van der Waals surface area contributed by atoms with Crippen LogP contribution in [0.25, 0.3) is 0 Å². The Balaban J connectivity index is 4.23. The molecule has 0 fully saturated rings. The van der Waals surface area contributed by atoms with Gasteiger partial charge < -0.3 is 19.8 Å². The largest absolute Gasteiger partial charge is 0.444 e. The monoisotopic (exact) mass is 346 g/mol. The summed E-state index contributed by atoms with van der Waals surface area (Å²) in [5.74, 6) is 0. The van der Waals surface area contributed by atoms with Crippen molar-refractivity contribution in [3.8, 4) is 0 Å². The van der Waals surface area contributed by atoms with Crippen molar-refractivity contribution in [1.82, 2.24) is 4.90 Å². The fourth-order valence-corrected chi connectivity index (χ4v) is 2.81. The minimum atomic E-state index is -1.68. The third-order valence-electron chi connectivity index (χ3n) is 4.14. The van der Waals surface area contributed by atoms with E-state index < -0.39 is 13.9 Å². The molecule has 1 amide bonds. The van der Waals surface area contributed by atoms with Crippen molar-refractivity contribution in [2.24, 2.45) is 5.73 Å². The van der Waals surface area contributed by atoms with Crippen molar-refractivity contribution < 1.29 is 14.0 Å². The van der Waals surface area contributed by atoms with Gasteiger partial charge in [-0.05, 0) is 51.7 Å². The molecule has 0 bridgehead atoms. The molecule has 5 nitrogen and oxygen atoms in total. The molecule has 2 N–H and O–H groups in total. The third kappa shape index (κ3) is 9.32. The van der Waals surface area contributed by atoms with Crippen LogP contribution in [0.15, 0.2) is 0 Å². The summed E-state index contributed by atoms with van der Waals surface area (Å²) >= 11 is 0. The average molecular weight is 347 g/mol. The number of unbranched alkanes of at least 4 members (excludes halogenated alkanes) is 1. The lowest BCUT2D eigenvalue weighted by Crippen LogP contribution is -2.41. The lowest BCUT2D eigenvalue weighted by atomic mass is 10.2. The number of nitrogens with zero attached hydrogens (tertiary/aromatic N) is 1. The van der Waals surface area contributed by atoms with Crippen LogP contribution in [-0.2, 0) is 9.16 Å². The van der Waals surface area contributed by atoms with E-state index in [0.29, 0.717) is 19.6 Å². The van der Waals surface area contributed by atoms with Crippen LogP contribution in [-0.4, -0.2) is 51.2 Å². The quantitative estimate of drug-likeness (QED) is 0.533. The molecule has 138 valence electrons. The predicted octanol–water partition coefficient (Wildman–Crippen LogP) is 3.98. The van der Waals surface area contributed by atoms with Crippen LogP contribution >= 0.6 is 0 Å². The van der Waals surface area contributed by atoms with Gasteiger partial charge in [0.1, 0.15) is 5.60 Å². The predicted molar refractivity (Wildman–Crippen MR) is 99.2 cm³/mol. The van der Waals surface area contributed by atoms with E-state index in [1.807, 2.05) is 20.8 Å². The number of amides is 1. The molecule has 0 unspecified atom stereocenters. The molecule has 0 spiro atoms. The van der Waals surface area contributed by atoms with Gasteiger partial charge in [0.25, 0.3) is 0 Å². The highest BCUT2D eigenvalue weighted by Crippen LogP contribution is 2.36. The van der Waals surface area contributed by atoms with Crippen LogP contribution in [0.3, 0.4) is 0 Å². The molecule has 6 heteroatoms. The highest BCUT2D eigenvalue weighted by molar-refractivity contribution is 6.74. The number of carbonyl (C=O) groups is 1. The first kappa shape index (κ1) is 22.4. The van der Waals surface area contributed by atoms with Crippen molar-refractivity contribution in [2.75, 3.05) is 26.2 Å². The molecule has 0 aliphatic rings. The van der Waals surface area contributed by atoms with Crippen molar-refractivity contribution in [3.63, 3.8) is 0 Å². The Morgan fingerprint density at radius 1 is 1.04 bits per heavy atom. The molecular weight excluding hydrogens is 308 g/mol. The first-order chi connectivity index (χ1) is 10.3. The zero-order valence-corrected chi connectivity index (χ0v) is 17.5. The fourth-order valence-electron chi connectivity index (χ4n) is 1.73. The van der Waals surface area contributed by atoms with E-state index >= 15 is 0 Å². The summed E-state index contributed by atoms with van der Waals surface area (Å²) in [4.78, 5) is 13.8. The lowest BCUT2D eigenvalue weighted by Gasteiger charge is -2.36. The Morgan fingerprint density at radius 3 is 2.04 bits per heavy atom. The van der Waals surface area contributed by atoms with E-state index in [2.05, 4.69) is 33.9 Å². The van der Waals surface area contributed by atoms with Gasteiger partial charge in [0.15, 0.2) is 8.32 Å². The summed E-state index contributed by atoms with van der Waals surface area (Å²) in [5.41, 5.74) is 5.12. The van der Waals surface area contributed by atoms with Gasteiger partial charge in [0.05, 0.1) is 0 Å². The minimum Gasteiger partial charge on any atom is -0.444 e. The van der Waals surface area contributed by atoms with Crippen LogP contribution in [0.1, 0.15) is 54.4 Å². The molecule has 0 heterocycles. The van der Waals surface area contributed by atoms with Crippen LogP contribution in [0.5, 0.6) is 0 Å². The zero-order chi connectivity index (χ0) is 18.3. The number of carbonyl (C=O) groups excluding carboxylic acids is 1. The second-order valence-electron chi connectivity index (χ2n) is 8.57. The van der Waals surface area contributed by atoms with Crippen molar-refractivity contribution >= 4 is 14.4 Å². The Kier molecular flexibility index (Phi) is 8.80. The molecule has 0 aromatic rings. The maximum atomic E-state index is 12.1. The standard InChI is InChI=1S/C17H38N2O3Si/c1-16(2,3)22-15(20)19(13-11-18)12-9-10-14-21-23(7,8)17(4,5)6/h9-14,18H2,1-8H3.